The average molecular weight is 136 g/mol. The van der Waals surface area contributed by atoms with Crippen molar-refractivity contribution in [2.24, 2.45) is 0 Å². The minimum Gasteiger partial charge on any atom is -0.249 e. The van der Waals surface area contributed by atoms with E-state index in [1.807, 2.05) is 13.8 Å². The van der Waals surface area contributed by atoms with E-state index < -0.39 is 6.79 Å². The Kier molecular flexibility index (Phi) is 13.3. The van der Waals surface area contributed by atoms with Gasteiger partial charge >= 0.3 is 0 Å². The highest BCUT2D eigenvalue weighted by Gasteiger charge is 1.68. The van der Waals surface area contributed by atoms with Crippen molar-refractivity contribution in [1.82, 2.24) is 0 Å². The number of rotatable bonds is 2. The SMILES string of the molecule is C=C(C)C.OOCOO. The first-order chi connectivity index (χ1) is 4.15. The second-order valence-electron chi connectivity index (χ2n) is 1.58. The second-order valence-corrected chi connectivity index (χ2v) is 1.58. The van der Waals surface area contributed by atoms with Crippen molar-refractivity contribution in [1.29, 1.82) is 0 Å². The first-order valence-electron chi connectivity index (χ1n) is 2.30. The summed E-state index contributed by atoms with van der Waals surface area (Å²) >= 11 is 0. The van der Waals surface area contributed by atoms with E-state index >= 15 is 0 Å². The largest absolute Gasteiger partial charge is 0.249 e. The molecule has 0 saturated carbocycles. The van der Waals surface area contributed by atoms with Crippen LogP contribution in [0.1, 0.15) is 13.8 Å². The van der Waals surface area contributed by atoms with Gasteiger partial charge < -0.3 is 0 Å². The molecule has 0 aliphatic heterocycles. The van der Waals surface area contributed by atoms with Gasteiger partial charge in [-0.25, -0.2) is 20.3 Å². The van der Waals surface area contributed by atoms with E-state index in [-0.39, 0.29) is 0 Å². The maximum Gasteiger partial charge on any atom is 0.214 e. The molecule has 0 spiro atoms. The van der Waals surface area contributed by atoms with Gasteiger partial charge in [0.05, 0.1) is 0 Å². The van der Waals surface area contributed by atoms with Crippen LogP contribution >= 0.6 is 0 Å². The second kappa shape index (κ2) is 10.5. The van der Waals surface area contributed by atoms with Crippen LogP contribution in [0.15, 0.2) is 12.2 Å². The van der Waals surface area contributed by atoms with Crippen molar-refractivity contribution in [3.63, 3.8) is 0 Å². The molecule has 4 nitrogen and oxygen atoms in total. The minimum atomic E-state index is -0.500. The molecule has 4 heteroatoms. The molecule has 0 aromatic rings. The molecule has 0 aliphatic carbocycles. The summed E-state index contributed by atoms with van der Waals surface area (Å²) in [5.74, 6) is 0. The lowest BCUT2D eigenvalue weighted by Gasteiger charge is -1.82. The fourth-order valence-electron chi connectivity index (χ4n) is 0.0236. The molecule has 0 aromatic carbocycles. The van der Waals surface area contributed by atoms with Crippen LogP contribution in [0.25, 0.3) is 0 Å². The van der Waals surface area contributed by atoms with Crippen LogP contribution in [0.4, 0.5) is 0 Å². The van der Waals surface area contributed by atoms with Crippen LogP contribution < -0.4 is 0 Å². The Labute approximate surface area is 54.2 Å². The lowest BCUT2D eigenvalue weighted by molar-refractivity contribution is -0.382. The predicted molar refractivity (Wildman–Crippen MR) is 32.8 cm³/mol. The summed E-state index contributed by atoms with van der Waals surface area (Å²) in [6.45, 7) is 7.00. The predicted octanol–water partition coefficient (Wildman–Crippen LogP) is 1.51. The fourth-order valence-corrected chi connectivity index (χ4v) is 0.0236. The molecule has 0 atom stereocenters. The standard InChI is InChI=1S/C4H8.CH4O4/c1-4(2)3;2-4-1-5-3/h1H2,2-3H3;2-3H,1H2. The normalized spacial score (nSPS) is 7.56. The van der Waals surface area contributed by atoms with E-state index in [9.17, 15) is 0 Å². The van der Waals surface area contributed by atoms with E-state index in [1.54, 1.807) is 0 Å². The number of hydrogen-bond acceptors (Lipinski definition) is 4. The topological polar surface area (TPSA) is 58.9 Å². The summed E-state index contributed by atoms with van der Waals surface area (Å²) < 4.78 is 0. The van der Waals surface area contributed by atoms with E-state index in [1.165, 1.54) is 5.57 Å². The molecular formula is C5H12O4. The minimum absolute atomic E-state index is 0.500. The summed E-state index contributed by atoms with van der Waals surface area (Å²) in [5.41, 5.74) is 1.17. The molecule has 0 heterocycles. The lowest BCUT2D eigenvalue weighted by Crippen LogP contribution is -1.88. The molecule has 0 amide bonds. The zero-order chi connectivity index (χ0) is 7.70. The molecular weight excluding hydrogens is 124 g/mol. The molecule has 9 heavy (non-hydrogen) atoms. The van der Waals surface area contributed by atoms with Gasteiger partial charge in [0.25, 0.3) is 0 Å². The molecule has 2 N–H and O–H groups in total. The van der Waals surface area contributed by atoms with Gasteiger partial charge in [0.15, 0.2) is 0 Å². The molecule has 0 aliphatic rings. The van der Waals surface area contributed by atoms with Crippen molar-refractivity contribution in [3.8, 4) is 0 Å². The number of allylic oxidation sites excluding steroid dienone is 1. The third-order valence-corrected chi connectivity index (χ3v) is 0.105. The zero-order valence-electron chi connectivity index (χ0n) is 5.63. The van der Waals surface area contributed by atoms with Crippen molar-refractivity contribution in [2.75, 3.05) is 6.79 Å². The van der Waals surface area contributed by atoms with Gasteiger partial charge in [0, 0.05) is 0 Å². The fraction of sp³-hybridized carbons (Fsp3) is 0.600. The van der Waals surface area contributed by atoms with Crippen LogP contribution in [0, 0.1) is 0 Å². The van der Waals surface area contributed by atoms with Crippen LogP contribution in [0.2, 0.25) is 0 Å². The monoisotopic (exact) mass is 136 g/mol. The smallest absolute Gasteiger partial charge is 0.214 e. The summed E-state index contributed by atoms with van der Waals surface area (Å²) in [5, 5.41) is 14.6. The third kappa shape index (κ3) is 94.5. The van der Waals surface area contributed by atoms with Crippen LogP contribution in [-0.4, -0.2) is 17.3 Å². The summed E-state index contributed by atoms with van der Waals surface area (Å²) in [7, 11) is 0. The summed E-state index contributed by atoms with van der Waals surface area (Å²) in [6, 6.07) is 0. The van der Waals surface area contributed by atoms with Gasteiger partial charge in [0.2, 0.25) is 6.79 Å². The molecule has 0 fully saturated rings. The maximum atomic E-state index is 7.28. The highest BCUT2D eigenvalue weighted by molar-refractivity contribution is 4.78. The third-order valence-electron chi connectivity index (χ3n) is 0.105. The Morgan fingerprint density at radius 2 is 1.56 bits per heavy atom. The molecule has 0 saturated heterocycles. The van der Waals surface area contributed by atoms with E-state index in [4.69, 9.17) is 10.5 Å². The molecule has 0 radical (unpaired) electrons. The Morgan fingerprint density at radius 1 is 1.33 bits per heavy atom. The van der Waals surface area contributed by atoms with Gasteiger partial charge in [-0.15, -0.1) is 6.58 Å². The van der Waals surface area contributed by atoms with Crippen molar-refractivity contribution in [3.05, 3.63) is 12.2 Å². The lowest BCUT2D eigenvalue weighted by atomic mass is 10.4. The maximum absolute atomic E-state index is 7.28. The summed E-state index contributed by atoms with van der Waals surface area (Å²) in [4.78, 5) is 6.44. The average Bonchev–Trinajstić information content (AvgIpc) is 1.66. The van der Waals surface area contributed by atoms with E-state index in [0.717, 1.165) is 0 Å². The quantitative estimate of drug-likeness (QED) is 0.261. The van der Waals surface area contributed by atoms with Crippen molar-refractivity contribution < 1.29 is 20.3 Å². The van der Waals surface area contributed by atoms with Gasteiger partial charge in [0.1, 0.15) is 0 Å². The Morgan fingerprint density at radius 3 is 1.56 bits per heavy atom. The molecule has 0 rings (SSSR count). The Balaban J connectivity index is 0. The molecule has 56 valence electrons. The number of hydrogen-bond donors (Lipinski definition) is 2. The molecule has 0 unspecified atom stereocenters. The Bertz CT molecular complexity index is 56.0. The van der Waals surface area contributed by atoms with E-state index in [2.05, 4.69) is 16.4 Å². The van der Waals surface area contributed by atoms with Crippen molar-refractivity contribution in [2.45, 2.75) is 13.8 Å². The molecule has 0 aromatic heterocycles. The van der Waals surface area contributed by atoms with Crippen LogP contribution in [0.5, 0.6) is 0 Å². The van der Waals surface area contributed by atoms with Gasteiger partial charge in [-0.05, 0) is 13.8 Å². The Hall–Kier alpha value is -0.420. The van der Waals surface area contributed by atoms with Gasteiger partial charge in [-0.2, -0.15) is 0 Å². The first-order valence-corrected chi connectivity index (χ1v) is 2.30. The summed E-state index contributed by atoms with van der Waals surface area (Å²) in [6.07, 6.45) is 0. The van der Waals surface area contributed by atoms with E-state index in [0.29, 0.717) is 0 Å². The van der Waals surface area contributed by atoms with Crippen LogP contribution in [-0.2, 0) is 9.78 Å². The van der Waals surface area contributed by atoms with Gasteiger partial charge in [-0.3, -0.25) is 0 Å². The van der Waals surface area contributed by atoms with Crippen molar-refractivity contribution >= 4 is 0 Å². The zero-order valence-corrected chi connectivity index (χ0v) is 5.63. The van der Waals surface area contributed by atoms with Gasteiger partial charge in [-0.1, -0.05) is 5.57 Å². The highest BCUT2D eigenvalue weighted by atomic mass is 17.2. The molecule has 0 bridgehead atoms. The highest BCUT2D eigenvalue weighted by Crippen LogP contribution is 1.73. The van der Waals surface area contributed by atoms with Crippen LogP contribution in [0.3, 0.4) is 0 Å². The first kappa shape index (κ1) is 11.4.